The highest BCUT2D eigenvalue weighted by Crippen LogP contribution is 2.49. The summed E-state index contributed by atoms with van der Waals surface area (Å²) < 4.78 is 10.9. The Balaban J connectivity index is 1.55. The van der Waals surface area contributed by atoms with Gasteiger partial charge in [-0.3, -0.25) is 4.79 Å². The number of esters is 1. The number of carbonyl (C=O) groups is 1. The van der Waals surface area contributed by atoms with Gasteiger partial charge in [0.05, 0.1) is 26.1 Å². The maximum Gasteiger partial charge on any atom is 0.307 e. The van der Waals surface area contributed by atoms with Crippen LogP contribution in [-0.2, 0) is 9.53 Å². The van der Waals surface area contributed by atoms with Crippen LogP contribution in [0.3, 0.4) is 0 Å². The topological polar surface area (TPSA) is 35.5 Å². The Kier molecular flexibility index (Phi) is 7.43. The minimum absolute atomic E-state index is 0.129. The molecule has 1 aromatic rings. The van der Waals surface area contributed by atoms with E-state index in [-0.39, 0.29) is 18.3 Å². The molecule has 2 saturated carbocycles. The van der Waals surface area contributed by atoms with E-state index < -0.39 is 0 Å². The maximum absolute atomic E-state index is 11.6. The first-order valence-electron chi connectivity index (χ1n) is 10.9. The molecule has 3 rings (SSSR count). The molecule has 0 amide bonds. The minimum atomic E-state index is -0.234. The average Bonchev–Trinajstić information content (AvgIpc) is 2.73. The molecule has 0 bridgehead atoms. The molecule has 0 aliphatic heterocycles. The molecule has 3 heteroatoms. The Labute approximate surface area is 170 Å². The van der Waals surface area contributed by atoms with Crippen LogP contribution in [0.15, 0.2) is 24.3 Å². The molecule has 1 aromatic carbocycles. The predicted octanol–water partition coefficient (Wildman–Crippen LogP) is 5.88. The third-order valence-electron chi connectivity index (χ3n) is 6.64. The van der Waals surface area contributed by atoms with Crippen LogP contribution < -0.4 is 4.74 Å². The van der Waals surface area contributed by atoms with E-state index in [1.54, 1.807) is 6.92 Å². The van der Waals surface area contributed by atoms with Crippen LogP contribution in [0.2, 0.25) is 0 Å². The van der Waals surface area contributed by atoms with Gasteiger partial charge in [-0.05, 0) is 68.1 Å². The second-order valence-electron chi connectivity index (χ2n) is 8.63. The molecule has 0 N–H and O–H groups in total. The summed E-state index contributed by atoms with van der Waals surface area (Å²) in [5.74, 6) is 7.26. The number of rotatable bonds is 6. The molecular weight excluding hydrogens is 348 g/mol. The lowest BCUT2D eigenvalue weighted by molar-refractivity contribution is -0.140. The second-order valence-corrected chi connectivity index (χ2v) is 8.63. The van der Waals surface area contributed by atoms with Crippen LogP contribution in [0.4, 0.5) is 0 Å². The van der Waals surface area contributed by atoms with E-state index >= 15 is 0 Å². The standard InChI is InChI=1S/C25H34O3/c1-3-8-22(17-24(26)27-2)21-10-12-23(13-11-21)28-19-20-9-7-16-25(18-20)14-5-4-6-15-25/h10-13,20,22H,4-7,9,14-19H2,1-2H3/t20?,22-/m0/s1. The van der Waals surface area contributed by atoms with Crippen molar-refractivity contribution < 1.29 is 14.3 Å². The number of ether oxygens (including phenoxy) is 2. The van der Waals surface area contributed by atoms with Crippen molar-refractivity contribution in [2.24, 2.45) is 11.3 Å². The Morgan fingerprint density at radius 2 is 1.86 bits per heavy atom. The van der Waals surface area contributed by atoms with Crippen LogP contribution in [0.5, 0.6) is 5.75 Å². The largest absolute Gasteiger partial charge is 0.493 e. The zero-order valence-corrected chi connectivity index (χ0v) is 17.5. The summed E-state index contributed by atoms with van der Waals surface area (Å²) in [5.41, 5.74) is 1.65. The van der Waals surface area contributed by atoms with Gasteiger partial charge < -0.3 is 9.47 Å². The molecule has 2 fully saturated rings. The molecule has 152 valence electrons. The molecule has 0 radical (unpaired) electrons. The molecule has 2 atom stereocenters. The zero-order chi connectivity index (χ0) is 19.8. The number of methoxy groups -OCH3 is 1. The summed E-state index contributed by atoms with van der Waals surface area (Å²) in [4.78, 5) is 11.6. The highest BCUT2D eigenvalue weighted by atomic mass is 16.5. The Hall–Kier alpha value is -1.95. The molecule has 0 aromatic heterocycles. The van der Waals surface area contributed by atoms with Crippen molar-refractivity contribution in [2.45, 2.75) is 77.0 Å². The van der Waals surface area contributed by atoms with Crippen molar-refractivity contribution in [1.29, 1.82) is 0 Å². The summed E-state index contributed by atoms with van der Waals surface area (Å²) in [6.07, 6.45) is 12.8. The highest BCUT2D eigenvalue weighted by molar-refractivity contribution is 5.71. The van der Waals surface area contributed by atoms with E-state index in [0.717, 1.165) is 17.9 Å². The van der Waals surface area contributed by atoms with Gasteiger partial charge in [0.15, 0.2) is 0 Å². The van der Waals surface area contributed by atoms with Gasteiger partial charge in [-0.15, -0.1) is 5.92 Å². The van der Waals surface area contributed by atoms with Crippen LogP contribution in [-0.4, -0.2) is 19.7 Å². The third kappa shape index (κ3) is 5.53. The fourth-order valence-electron chi connectivity index (χ4n) is 5.17. The molecule has 2 aliphatic rings. The number of carbonyl (C=O) groups excluding carboxylic acids is 1. The van der Waals surface area contributed by atoms with E-state index in [1.807, 2.05) is 24.3 Å². The number of hydrogen-bond donors (Lipinski definition) is 0. The molecule has 0 saturated heterocycles. The summed E-state index contributed by atoms with van der Waals surface area (Å²) >= 11 is 0. The molecule has 2 aliphatic carbocycles. The maximum atomic E-state index is 11.6. The highest BCUT2D eigenvalue weighted by Gasteiger charge is 2.37. The van der Waals surface area contributed by atoms with Crippen LogP contribution >= 0.6 is 0 Å². The molecule has 3 nitrogen and oxygen atoms in total. The van der Waals surface area contributed by atoms with Gasteiger partial charge in [-0.1, -0.05) is 43.7 Å². The minimum Gasteiger partial charge on any atom is -0.493 e. The lowest BCUT2D eigenvalue weighted by atomic mass is 9.63. The van der Waals surface area contributed by atoms with Gasteiger partial charge in [-0.2, -0.15) is 0 Å². The van der Waals surface area contributed by atoms with Gasteiger partial charge in [0, 0.05) is 0 Å². The van der Waals surface area contributed by atoms with Crippen molar-refractivity contribution >= 4 is 5.97 Å². The van der Waals surface area contributed by atoms with E-state index in [9.17, 15) is 4.79 Å². The first-order chi connectivity index (χ1) is 13.6. The van der Waals surface area contributed by atoms with Crippen molar-refractivity contribution in [1.82, 2.24) is 0 Å². The summed E-state index contributed by atoms with van der Waals surface area (Å²) in [5, 5.41) is 0. The lowest BCUT2D eigenvalue weighted by Crippen LogP contribution is -2.33. The molecule has 28 heavy (non-hydrogen) atoms. The Morgan fingerprint density at radius 3 is 2.54 bits per heavy atom. The molecule has 1 spiro atoms. The van der Waals surface area contributed by atoms with Crippen molar-refractivity contribution in [3.63, 3.8) is 0 Å². The first kappa shape index (κ1) is 20.8. The van der Waals surface area contributed by atoms with Gasteiger partial charge in [0.2, 0.25) is 0 Å². The van der Waals surface area contributed by atoms with Crippen molar-refractivity contribution in [2.75, 3.05) is 13.7 Å². The summed E-state index contributed by atoms with van der Waals surface area (Å²) in [6.45, 7) is 2.62. The normalized spacial score (nSPS) is 22.0. The molecule has 0 heterocycles. The van der Waals surface area contributed by atoms with E-state index in [0.29, 0.717) is 11.3 Å². The van der Waals surface area contributed by atoms with Crippen LogP contribution in [0, 0.1) is 23.2 Å². The predicted molar refractivity (Wildman–Crippen MR) is 112 cm³/mol. The van der Waals surface area contributed by atoms with E-state index in [2.05, 4.69) is 11.8 Å². The number of hydrogen-bond acceptors (Lipinski definition) is 3. The average molecular weight is 383 g/mol. The van der Waals surface area contributed by atoms with Gasteiger partial charge >= 0.3 is 5.97 Å². The second kappa shape index (κ2) is 10.0. The fourth-order valence-corrected chi connectivity index (χ4v) is 5.17. The van der Waals surface area contributed by atoms with E-state index in [4.69, 9.17) is 9.47 Å². The quantitative estimate of drug-likeness (QED) is 0.455. The third-order valence-corrected chi connectivity index (χ3v) is 6.64. The van der Waals surface area contributed by atoms with Crippen LogP contribution in [0.25, 0.3) is 0 Å². The van der Waals surface area contributed by atoms with E-state index in [1.165, 1.54) is 64.9 Å². The SMILES string of the molecule is CC#C[C@@H](CC(=O)OC)c1ccc(OCC2CCCC3(CCCCC3)C2)cc1. The first-order valence-corrected chi connectivity index (χ1v) is 10.9. The smallest absolute Gasteiger partial charge is 0.307 e. The lowest BCUT2D eigenvalue weighted by Gasteiger charge is -2.43. The van der Waals surface area contributed by atoms with Gasteiger partial charge in [0.25, 0.3) is 0 Å². The molecular formula is C25H34O3. The van der Waals surface area contributed by atoms with Crippen molar-refractivity contribution in [3.8, 4) is 17.6 Å². The molecule has 1 unspecified atom stereocenters. The Bertz CT molecular complexity index is 683. The van der Waals surface area contributed by atoms with Crippen LogP contribution in [0.1, 0.15) is 82.6 Å². The van der Waals surface area contributed by atoms with Gasteiger partial charge in [0.1, 0.15) is 5.75 Å². The van der Waals surface area contributed by atoms with Crippen molar-refractivity contribution in [3.05, 3.63) is 29.8 Å². The Morgan fingerprint density at radius 1 is 1.14 bits per heavy atom. The summed E-state index contributed by atoms with van der Waals surface area (Å²) in [6, 6.07) is 8.07. The monoisotopic (exact) mass is 382 g/mol. The zero-order valence-electron chi connectivity index (χ0n) is 17.5. The van der Waals surface area contributed by atoms with Gasteiger partial charge in [-0.25, -0.2) is 0 Å². The number of benzene rings is 1. The summed E-state index contributed by atoms with van der Waals surface area (Å²) in [7, 11) is 1.42. The fraction of sp³-hybridized carbons (Fsp3) is 0.640.